The van der Waals surface area contributed by atoms with Crippen LogP contribution in [0.2, 0.25) is 0 Å². The average Bonchev–Trinajstić information content (AvgIpc) is 3.55. The molecule has 3 aliphatic rings. The fraction of sp³-hybridized carbons (Fsp3) is 0.424. The Labute approximate surface area is 255 Å². The summed E-state index contributed by atoms with van der Waals surface area (Å²) in [6.07, 6.45) is 4.85. The minimum Gasteiger partial charge on any atom is -0.491 e. The molecule has 2 saturated heterocycles. The van der Waals surface area contributed by atoms with Crippen LogP contribution in [0.25, 0.3) is 0 Å². The molecule has 11 nitrogen and oxygen atoms in total. The predicted molar refractivity (Wildman–Crippen MR) is 157 cm³/mol. The minimum atomic E-state index is -0.484. The van der Waals surface area contributed by atoms with Gasteiger partial charge in [0.15, 0.2) is 0 Å². The van der Waals surface area contributed by atoms with Crippen molar-refractivity contribution in [2.45, 2.75) is 57.1 Å². The van der Waals surface area contributed by atoms with Gasteiger partial charge in [-0.2, -0.15) is 0 Å². The van der Waals surface area contributed by atoms with Crippen molar-refractivity contribution < 1.29 is 37.9 Å². The number of esters is 2. The molecule has 1 aromatic heterocycles. The van der Waals surface area contributed by atoms with E-state index in [-0.39, 0.29) is 49.2 Å². The van der Waals surface area contributed by atoms with E-state index < -0.39 is 18.0 Å². The molecule has 2 amide bonds. The Hall–Kier alpha value is -4.67. The van der Waals surface area contributed by atoms with Gasteiger partial charge >= 0.3 is 11.9 Å². The number of likely N-dealkylation sites (tertiary alicyclic amines) is 1. The van der Waals surface area contributed by atoms with Crippen LogP contribution in [-0.4, -0.2) is 72.3 Å². The molecule has 0 N–H and O–H groups in total. The summed E-state index contributed by atoms with van der Waals surface area (Å²) in [5, 5.41) is 3.68. The van der Waals surface area contributed by atoms with Crippen LogP contribution in [0.1, 0.15) is 71.4 Å². The molecular weight excluding hydrogens is 566 g/mol. The first-order valence-corrected chi connectivity index (χ1v) is 15.1. The molecule has 230 valence electrons. The minimum absolute atomic E-state index is 0.0935. The molecule has 0 spiro atoms. The summed E-state index contributed by atoms with van der Waals surface area (Å²) in [4.78, 5) is 53.7. The van der Waals surface area contributed by atoms with Crippen LogP contribution in [0.4, 0.5) is 5.69 Å². The second-order valence-electron chi connectivity index (χ2n) is 11.6. The summed E-state index contributed by atoms with van der Waals surface area (Å²) in [7, 11) is 0. The number of ether oxygens (including phenoxy) is 3. The summed E-state index contributed by atoms with van der Waals surface area (Å²) >= 11 is 0. The molecule has 1 saturated carbocycles. The number of piperidine rings is 1. The zero-order valence-electron chi connectivity index (χ0n) is 24.6. The molecule has 6 rings (SSSR count). The fourth-order valence-corrected chi connectivity index (χ4v) is 5.70. The monoisotopic (exact) mass is 601 g/mol. The number of hydrogen-bond acceptors (Lipinski definition) is 9. The molecule has 3 heterocycles. The van der Waals surface area contributed by atoms with Crippen molar-refractivity contribution in [1.29, 1.82) is 0 Å². The lowest BCUT2D eigenvalue weighted by Gasteiger charge is -2.33. The summed E-state index contributed by atoms with van der Waals surface area (Å²) < 4.78 is 21.8. The predicted octanol–water partition coefficient (Wildman–Crippen LogP) is 4.38. The quantitative estimate of drug-likeness (QED) is 0.311. The molecule has 3 atom stereocenters. The Morgan fingerprint density at radius 3 is 2.48 bits per heavy atom. The second kappa shape index (κ2) is 12.9. The SMILES string of the molecule is CC(COc1ccc(C(=O)O[C@H]2CCCN(C(=O)[C@H]3COC(=O)C3)C2)cc1)N(C(=O)c1ccno1)c1ccc(C2CC2)cc1. The summed E-state index contributed by atoms with van der Waals surface area (Å²) in [6.45, 7) is 3.05. The van der Waals surface area contributed by atoms with E-state index in [1.807, 2.05) is 19.1 Å². The van der Waals surface area contributed by atoms with E-state index >= 15 is 0 Å². The third-order valence-electron chi connectivity index (χ3n) is 8.28. The number of anilines is 1. The highest BCUT2D eigenvalue weighted by molar-refractivity contribution is 6.04. The Balaban J connectivity index is 1.04. The van der Waals surface area contributed by atoms with E-state index in [9.17, 15) is 19.2 Å². The summed E-state index contributed by atoms with van der Waals surface area (Å²) in [6, 6.07) is 15.8. The highest BCUT2D eigenvalue weighted by atomic mass is 16.5. The molecule has 1 aliphatic carbocycles. The standard InChI is InChI=1S/C33H35N3O8/c1-21(36(32(39)29-14-15-34-44-29)26-10-6-23(7-11-26)22-4-5-22)19-41-27-12-8-24(9-13-27)33(40)43-28-3-2-16-35(18-28)31(38)25-17-30(37)42-20-25/h6-15,21-22,25,28H,2-5,16-20H2,1H3/t21?,25-,28+/m1/s1. The zero-order chi connectivity index (χ0) is 30.6. The Morgan fingerprint density at radius 2 is 1.82 bits per heavy atom. The van der Waals surface area contributed by atoms with Gasteiger partial charge in [0.25, 0.3) is 5.91 Å². The van der Waals surface area contributed by atoms with Crippen LogP contribution in [0.5, 0.6) is 5.75 Å². The highest BCUT2D eigenvalue weighted by Crippen LogP contribution is 2.40. The van der Waals surface area contributed by atoms with Gasteiger partial charge in [-0.25, -0.2) is 4.79 Å². The van der Waals surface area contributed by atoms with Gasteiger partial charge < -0.3 is 23.6 Å². The normalized spacial score (nSPS) is 20.5. The van der Waals surface area contributed by atoms with E-state index in [1.54, 1.807) is 34.1 Å². The molecule has 44 heavy (non-hydrogen) atoms. The van der Waals surface area contributed by atoms with Crippen molar-refractivity contribution >= 4 is 29.4 Å². The molecule has 0 bridgehead atoms. The number of hydrogen-bond donors (Lipinski definition) is 0. The van der Waals surface area contributed by atoms with E-state index in [0.717, 1.165) is 5.69 Å². The van der Waals surface area contributed by atoms with Gasteiger partial charge in [0.05, 0.1) is 36.7 Å². The molecular formula is C33H35N3O8. The van der Waals surface area contributed by atoms with Gasteiger partial charge in [-0.05, 0) is 80.5 Å². The first kappa shape index (κ1) is 29.4. The van der Waals surface area contributed by atoms with Gasteiger partial charge in [0.2, 0.25) is 11.7 Å². The molecule has 2 aromatic carbocycles. The van der Waals surface area contributed by atoms with E-state index in [2.05, 4.69) is 17.3 Å². The van der Waals surface area contributed by atoms with Gasteiger partial charge in [-0.15, -0.1) is 0 Å². The third kappa shape index (κ3) is 6.77. The van der Waals surface area contributed by atoms with E-state index in [0.29, 0.717) is 43.2 Å². The average molecular weight is 602 g/mol. The number of nitrogens with zero attached hydrogens (tertiary/aromatic N) is 3. The molecule has 3 aromatic rings. The maximum atomic E-state index is 13.4. The first-order chi connectivity index (χ1) is 21.4. The first-order valence-electron chi connectivity index (χ1n) is 15.1. The lowest BCUT2D eigenvalue weighted by Crippen LogP contribution is -2.46. The van der Waals surface area contributed by atoms with E-state index in [4.69, 9.17) is 18.7 Å². The molecule has 3 fully saturated rings. The Kier molecular flexibility index (Phi) is 8.63. The van der Waals surface area contributed by atoms with Gasteiger partial charge in [-0.3, -0.25) is 19.3 Å². The number of rotatable bonds is 10. The lowest BCUT2D eigenvalue weighted by molar-refractivity contribution is -0.139. The van der Waals surface area contributed by atoms with Crippen molar-refractivity contribution in [3.63, 3.8) is 0 Å². The highest BCUT2D eigenvalue weighted by Gasteiger charge is 2.36. The molecule has 1 unspecified atom stereocenters. The number of amides is 2. The number of benzene rings is 2. The summed E-state index contributed by atoms with van der Waals surface area (Å²) in [5.74, 6) is -0.482. The number of carbonyl (C=O) groups is 4. The summed E-state index contributed by atoms with van der Waals surface area (Å²) in [5.41, 5.74) is 2.37. The topological polar surface area (TPSA) is 128 Å². The van der Waals surface area contributed by atoms with Gasteiger partial charge in [0.1, 0.15) is 25.1 Å². The third-order valence-corrected chi connectivity index (χ3v) is 8.28. The van der Waals surface area contributed by atoms with Crippen molar-refractivity contribution in [2.24, 2.45) is 5.92 Å². The number of cyclic esters (lactones) is 1. The van der Waals surface area contributed by atoms with E-state index in [1.165, 1.54) is 30.7 Å². The molecule has 2 aliphatic heterocycles. The second-order valence-corrected chi connectivity index (χ2v) is 11.6. The van der Waals surface area contributed by atoms with Crippen molar-refractivity contribution in [3.05, 3.63) is 77.7 Å². The van der Waals surface area contributed by atoms with Crippen LogP contribution in [0.3, 0.4) is 0 Å². The van der Waals surface area contributed by atoms with Crippen LogP contribution in [-0.2, 0) is 19.1 Å². The molecule has 11 heteroatoms. The van der Waals surface area contributed by atoms with Crippen molar-refractivity contribution in [2.75, 3.05) is 31.2 Å². The van der Waals surface area contributed by atoms with Crippen LogP contribution in [0.15, 0.2) is 65.3 Å². The van der Waals surface area contributed by atoms with Crippen molar-refractivity contribution in [1.82, 2.24) is 10.1 Å². The number of aromatic nitrogens is 1. The Morgan fingerprint density at radius 1 is 1.05 bits per heavy atom. The van der Waals surface area contributed by atoms with Crippen LogP contribution < -0.4 is 9.64 Å². The molecule has 0 radical (unpaired) electrons. The van der Waals surface area contributed by atoms with Crippen LogP contribution in [0, 0.1) is 5.92 Å². The van der Waals surface area contributed by atoms with Gasteiger partial charge in [-0.1, -0.05) is 17.3 Å². The lowest BCUT2D eigenvalue weighted by atomic mass is 10.0. The largest absolute Gasteiger partial charge is 0.491 e. The van der Waals surface area contributed by atoms with Crippen LogP contribution >= 0.6 is 0 Å². The van der Waals surface area contributed by atoms with Gasteiger partial charge in [0, 0.05) is 18.3 Å². The Bertz CT molecular complexity index is 1480. The number of carbonyl (C=O) groups excluding carboxylic acids is 4. The maximum absolute atomic E-state index is 13.4. The van der Waals surface area contributed by atoms with Crippen molar-refractivity contribution in [3.8, 4) is 5.75 Å². The maximum Gasteiger partial charge on any atom is 0.338 e. The fourth-order valence-electron chi connectivity index (χ4n) is 5.70. The smallest absolute Gasteiger partial charge is 0.338 e. The zero-order valence-corrected chi connectivity index (χ0v) is 24.6.